The fourth-order valence-electron chi connectivity index (χ4n) is 2.19. The zero-order valence-corrected chi connectivity index (χ0v) is 9.63. The molecule has 1 N–H and O–H groups in total. The molecule has 1 saturated heterocycles. The van der Waals surface area contributed by atoms with Crippen molar-refractivity contribution in [2.24, 2.45) is 5.41 Å². The number of Topliss-reactive ketones (excluding diaryl/α,β-unsaturated/α-hetero) is 1. The largest absolute Gasteiger partial charge is 0.402 e. The molecule has 18 heavy (non-hydrogen) atoms. The maximum Gasteiger partial charge on any atom is 0.402 e. The summed E-state index contributed by atoms with van der Waals surface area (Å²) in [4.78, 5) is 15.8. The van der Waals surface area contributed by atoms with Crippen LogP contribution in [0.4, 0.5) is 13.2 Å². The van der Waals surface area contributed by atoms with E-state index in [0.29, 0.717) is 5.56 Å². The highest BCUT2D eigenvalue weighted by Crippen LogP contribution is 2.44. The lowest BCUT2D eigenvalue weighted by atomic mass is 9.79. The lowest BCUT2D eigenvalue weighted by molar-refractivity contribution is -0.214. The van der Waals surface area contributed by atoms with E-state index in [2.05, 4.69) is 10.3 Å². The molecule has 0 radical (unpaired) electrons. The maximum atomic E-state index is 13.1. The lowest BCUT2D eigenvalue weighted by Gasteiger charge is -2.29. The van der Waals surface area contributed by atoms with Crippen LogP contribution in [-0.2, 0) is 11.2 Å². The molecule has 1 unspecified atom stereocenters. The molecule has 1 aromatic rings. The summed E-state index contributed by atoms with van der Waals surface area (Å²) in [6.45, 7) is -0.0952. The molecule has 1 fully saturated rings. The first-order valence-electron chi connectivity index (χ1n) is 5.65. The van der Waals surface area contributed by atoms with Crippen molar-refractivity contribution in [1.82, 2.24) is 10.3 Å². The van der Waals surface area contributed by atoms with Crippen LogP contribution >= 0.6 is 0 Å². The van der Waals surface area contributed by atoms with E-state index in [1.807, 2.05) is 0 Å². The Bertz CT molecular complexity index is 425. The number of nitrogens with one attached hydrogen (secondary N) is 1. The first kappa shape index (κ1) is 13.0. The van der Waals surface area contributed by atoms with Gasteiger partial charge in [0.05, 0.1) is 0 Å². The quantitative estimate of drug-likeness (QED) is 0.897. The van der Waals surface area contributed by atoms with E-state index in [1.165, 1.54) is 12.4 Å². The number of ketones is 1. The maximum absolute atomic E-state index is 13.1. The van der Waals surface area contributed by atoms with Gasteiger partial charge in [-0.1, -0.05) is 0 Å². The van der Waals surface area contributed by atoms with Crippen molar-refractivity contribution in [1.29, 1.82) is 0 Å². The second-order valence-corrected chi connectivity index (χ2v) is 4.46. The average Bonchev–Trinajstić information content (AvgIpc) is 2.80. The molecule has 0 spiro atoms. The number of carbonyl (C=O) groups is 1. The first-order valence-corrected chi connectivity index (χ1v) is 5.65. The highest BCUT2D eigenvalue weighted by Gasteiger charge is 2.60. The first-order chi connectivity index (χ1) is 8.46. The van der Waals surface area contributed by atoms with Gasteiger partial charge in [0.15, 0.2) is 5.78 Å². The minimum atomic E-state index is -4.50. The molecule has 1 atom stereocenters. The van der Waals surface area contributed by atoms with Crippen LogP contribution in [-0.4, -0.2) is 30.0 Å². The third-order valence-electron chi connectivity index (χ3n) is 3.35. The molecule has 1 aromatic heterocycles. The van der Waals surface area contributed by atoms with Crippen LogP contribution in [0, 0.1) is 5.41 Å². The Balaban J connectivity index is 2.20. The molecule has 98 valence electrons. The SMILES string of the molecule is O=C(Cc1ccncc1)C1(C(F)(F)F)CCNC1. The van der Waals surface area contributed by atoms with Gasteiger partial charge in [-0.15, -0.1) is 0 Å². The van der Waals surface area contributed by atoms with Gasteiger partial charge >= 0.3 is 6.18 Å². The average molecular weight is 258 g/mol. The van der Waals surface area contributed by atoms with Crippen molar-refractivity contribution in [3.63, 3.8) is 0 Å². The Morgan fingerprint density at radius 3 is 2.56 bits per heavy atom. The standard InChI is InChI=1S/C12H13F3N2O/c13-12(14,15)11(3-6-17-8-11)10(18)7-9-1-4-16-5-2-9/h1-2,4-5,17H,3,6-8H2. The van der Waals surface area contributed by atoms with Crippen LogP contribution in [0.5, 0.6) is 0 Å². The van der Waals surface area contributed by atoms with Crippen LogP contribution < -0.4 is 5.32 Å². The fourth-order valence-corrected chi connectivity index (χ4v) is 2.19. The molecule has 3 nitrogen and oxygen atoms in total. The molecule has 1 aliphatic rings. The van der Waals surface area contributed by atoms with Crippen molar-refractivity contribution >= 4 is 5.78 Å². The topological polar surface area (TPSA) is 42.0 Å². The molecule has 0 aromatic carbocycles. The summed E-state index contributed by atoms with van der Waals surface area (Å²) in [6, 6.07) is 3.12. The number of aromatic nitrogens is 1. The van der Waals surface area contributed by atoms with Gasteiger partial charge in [-0.25, -0.2) is 0 Å². The van der Waals surface area contributed by atoms with Crippen LogP contribution in [0.25, 0.3) is 0 Å². The molecular weight excluding hydrogens is 245 g/mol. The Labute approximate surface area is 102 Å². The van der Waals surface area contributed by atoms with E-state index in [1.54, 1.807) is 12.1 Å². The Hall–Kier alpha value is -1.43. The summed E-state index contributed by atoms with van der Waals surface area (Å²) >= 11 is 0. The monoisotopic (exact) mass is 258 g/mol. The molecule has 1 aliphatic heterocycles. The predicted octanol–water partition coefficient (Wildman–Crippen LogP) is 1.74. The Morgan fingerprint density at radius 2 is 2.06 bits per heavy atom. The van der Waals surface area contributed by atoms with Gasteiger partial charge in [0.25, 0.3) is 0 Å². The van der Waals surface area contributed by atoms with E-state index in [9.17, 15) is 18.0 Å². The zero-order valence-electron chi connectivity index (χ0n) is 9.63. The summed E-state index contributed by atoms with van der Waals surface area (Å²) in [5, 5.41) is 2.63. The third kappa shape index (κ3) is 2.25. The minimum absolute atomic E-state index is 0.180. The van der Waals surface area contributed by atoms with E-state index in [0.717, 1.165) is 0 Å². The number of halogens is 3. The van der Waals surface area contributed by atoms with Gasteiger partial charge in [-0.2, -0.15) is 13.2 Å². The summed E-state index contributed by atoms with van der Waals surface area (Å²) in [6.07, 6.45) is -1.95. The van der Waals surface area contributed by atoms with Crippen LogP contribution in [0.15, 0.2) is 24.5 Å². The van der Waals surface area contributed by atoms with Gasteiger partial charge in [0, 0.05) is 25.4 Å². The predicted molar refractivity (Wildman–Crippen MR) is 58.9 cm³/mol. The number of alkyl halides is 3. The smallest absolute Gasteiger partial charge is 0.315 e. The van der Waals surface area contributed by atoms with Crippen molar-refractivity contribution in [3.8, 4) is 0 Å². The molecule has 6 heteroatoms. The van der Waals surface area contributed by atoms with E-state index in [4.69, 9.17) is 0 Å². The minimum Gasteiger partial charge on any atom is -0.315 e. The van der Waals surface area contributed by atoms with Gasteiger partial charge in [-0.3, -0.25) is 9.78 Å². The molecule has 2 heterocycles. The summed E-state index contributed by atoms with van der Waals surface area (Å²) in [5.74, 6) is -0.772. The number of rotatable bonds is 3. The number of pyridine rings is 1. The lowest BCUT2D eigenvalue weighted by Crippen LogP contribution is -2.47. The van der Waals surface area contributed by atoms with Crippen LogP contribution in [0.3, 0.4) is 0 Å². The molecule has 0 amide bonds. The van der Waals surface area contributed by atoms with Gasteiger partial charge in [0.1, 0.15) is 5.41 Å². The summed E-state index contributed by atoms with van der Waals surface area (Å²) in [7, 11) is 0. The summed E-state index contributed by atoms with van der Waals surface area (Å²) < 4.78 is 39.3. The van der Waals surface area contributed by atoms with Crippen molar-refractivity contribution in [2.45, 2.75) is 19.0 Å². The molecule has 0 bridgehead atoms. The normalized spacial score (nSPS) is 24.2. The van der Waals surface area contributed by atoms with Gasteiger partial charge < -0.3 is 5.32 Å². The Morgan fingerprint density at radius 1 is 1.39 bits per heavy atom. The molecule has 2 rings (SSSR count). The van der Waals surface area contributed by atoms with E-state index < -0.39 is 17.4 Å². The number of carbonyl (C=O) groups excluding carboxylic acids is 1. The summed E-state index contributed by atoms with van der Waals surface area (Å²) in [5.41, 5.74) is -1.67. The van der Waals surface area contributed by atoms with E-state index >= 15 is 0 Å². The second-order valence-electron chi connectivity index (χ2n) is 4.46. The number of nitrogens with zero attached hydrogens (tertiary/aromatic N) is 1. The van der Waals surface area contributed by atoms with Crippen LogP contribution in [0.2, 0.25) is 0 Å². The van der Waals surface area contributed by atoms with Gasteiger partial charge in [0.2, 0.25) is 0 Å². The molecule has 0 saturated carbocycles. The van der Waals surface area contributed by atoms with Gasteiger partial charge in [-0.05, 0) is 30.7 Å². The van der Waals surface area contributed by atoms with Crippen molar-refractivity contribution < 1.29 is 18.0 Å². The second kappa shape index (κ2) is 4.68. The zero-order chi connectivity index (χ0) is 13.2. The number of hydrogen-bond donors (Lipinski definition) is 1. The highest BCUT2D eigenvalue weighted by molar-refractivity contribution is 5.88. The van der Waals surface area contributed by atoms with Crippen molar-refractivity contribution in [2.75, 3.05) is 13.1 Å². The van der Waals surface area contributed by atoms with E-state index in [-0.39, 0.29) is 25.9 Å². The number of hydrogen-bond acceptors (Lipinski definition) is 3. The van der Waals surface area contributed by atoms with Crippen LogP contribution in [0.1, 0.15) is 12.0 Å². The Kier molecular flexibility index (Phi) is 3.38. The third-order valence-corrected chi connectivity index (χ3v) is 3.35. The fraction of sp³-hybridized carbons (Fsp3) is 0.500. The highest BCUT2D eigenvalue weighted by atomic mass is 19.4. The van der Waals surface area contributed by atoms with Crippen molar-refractivity contribution in [3.05, 3.63) is 30.1 Å². The molecule has 0 aliphatic carbocycles. The molecular formula is C12H13F3N2O.